The molecule has 2 heterocycles. The number of ketones is 1. The SMILES string of the molecule is CC(C)Cn1c(N)c(C(=O)CSc2nnnn2C(C)C)c(=O)n(C)c1=O. The molecule has 26 heavy (non-hydrogen) atoms. The lowest BCUT2D eigenvalue weighted by Gasteiger charge is -2.16. The van der Waals surface area contributed by atoms with Crippen LogP contribution in [0.3, 0.4) is 0 Å². The van der Waals surface area contributed by atoms with Crippen molar-refractivity contribution >= 4 is 23.4 Å². The number of Topliss-reactive ketones (excluding diaryl/α,β-unsaturated/α-hetero) is 1. The molecule has 0 saturated heterocycles. The van der Waals surface area contributed by atoms with Gasteiger partial charge >= 0.3 is 5.69 Å². The molecule has 0 amide bonds. The smallest absolute Gasteiger partial charge is 0.332 e. The Morgan fingerprint density at radius 2 is 1.88 bits per heavy atom. The molecule has 0 atom stereocenters. The Morgan fingerprint density at radius 3 is 2.46 bits per heavy atom. The lowest BCUT2D eigenvalue weighted by atomic mass is 10.2. The number of aromatic nitrogens is 6. The van der Waals surface area contributed by atoms with Crippen LogP contribution in [-0.2, 0) is 13.6 Å². The van der Waals surface area contributed by atoms with E-state index >= 15 is 0 Å². The monoisotopic (exact) mass is 381 g/mol. The van der Waals surface area contributed by atoms with Gasteiger partial charge in [-0.3, -0.25) is 18.7 Å². The maximum Gasteiger partial charge on any atom is 0.332 e. The summed E-state index contributed by atoms with van der Waals surface area (Å²) < 4.78 is 3.76. The van der Waals surface area contributed by atoms with E-state index in [1.54, 1.807) is 4.68 Å². The van der Waals surface area contributed by atoms with Crippen molar-refractivity contribution in [3.63, 3.8) is 0 Å². The molecule has 0 aromatic carbocycles. The first-order valence-electron chi connectivity index (χ1n) is 8.18. The third-order valence-corrected chi connectivity index (χ3v) is 4.63. The highest BCUT2D eigenvalue weighted by Crippen LogP contribution is 2.19. The summed E-state index contributed by atoms with van der Waals surface area (Å²) >= 11 is 1.12. The van der Waals surface area contributed by atoms with Crippen molar-refractivity contribution in [2.45, 2.75) is 45.4 Å². The largest absolute Gasteiger partial charge is 0.384 e. The van der Waals surface area contributed by atoms with Crippen LogP contribution < -0.4 is 17.0 Å². The summed E-state index contributed by atoms with van der Waals surface area (Å²) in [5, 5.41) is 11.8. The van der Waals surface area contributed by atoms with Crippen LogP contribution in [0.2, 0.25) is 0 Å². The number of thioether (sulfide) groups is 1. The highest BCUT2D eigenvalue weighted by molar-refractivity contribution is 7.99. The molecule has 142 valence electrons. The highest BCUT2D eigenvalue weighted by atomic mass is 32.2. The topological polar surface area (TPSA) is 131 Å². The molecule has 0 unspecified atom stereocenters. The van der Waals surface area contributed by atoms with Gasteiger partial charge < -0.3 is 5.73 Å². The van der Waals surface area contributed by atoms with Gasteiger partial charge in [-0.15, -0.1) is 5.10 Å². The van der Waals surface area contributed by atoms with Gasteiger partial charge in [0.2, 0.25) is 5.16 Å². The number of rotatable bonds is 7. The second kappa shape index (κ2) is 7.85. The summed E-state index contributed by atoms with van der Waals surface area (Å²) in [4.78, 5) is 37.4. The number of nitrogen functional groups attached to an aromatic ring is 1. The van der Waals surface area contributed by atoms with Crippen molar-refractivity contribution in [3.05, 3.63) is 26.4 Å². The predicted octanol–water partition coefficient (Wildman–Crippen LogP) is 0.328. The van der Waals surface area contributed by atoms with Crippen LogP contribution in [0.1, 0.15) is 44.1 Å². The minimum atomic E-state index is -0.693. The van der Waals surface area contributed by atoms with Gasteiger partial charge in [-0.2, -0.15) is 0 Å². The third-order valence-electron chi connectivity index (χ3n) is 3.69. The minimum absolute atomic E-state index is 0.0356. The molecule has 0 aliphatic heterocycles. The lowest BCUT2D eigenvalue weighted by molar-refractivity contribution is 0.102. The van der Waals surface area contributed by atoms with Crippen LogP contribution in [0, 0.1) is 5.92 Å². The van der Waals surface area contributed by atoms with Crippen LogP contribution in [0.15, 0.2) is 14.7 Å². The number of hydrogen-bond acceptors (Lipinski definition) is 8. The number of carbonyl (C=O) groups is 1. The van der Waals surface area contributed by atoms with Crippen LogP contribution in [-0.4, -0.2) is 40.9 Å². The van der Waals surface area contributed by atoms with Crippen LogP contribution in [0.25, 0.3) is 0 Å². The zero-order valence-electron chi connectivity index (χ0n) is 15.5. The quantitative estimate of drug-likeness (QED) is 0.536. The zero-order chi connectivity index (χ0) is 19.6. The molecule has 2 aromatic heterocycles. The average molecular weight is 381 g/mol. The third kappa shape index (κ3) is 3.87. The van der Waals surface area contributed by atoms with Crippen LogP contribution >= 0.6 is 11.8 Å². The van der Waals surface area contributed by atoms with E-state index in [0.717, 1.165) is 16.3 Å². The molecule has 0 bridgehead atoms. The molecular formula is C15H23N7O3S. The zero-order valence-corrected chi connectivity index (χ0v) is 16.3. The van der Waals surface area contributed by atoms with E-state index in [4.69, 9.17) is 5.73 Å². The minimum Gasteiger partial charge on any atom is -0.384 e. The van der Waals surface area contributed by atoms with E-state index in [1.807, 2.05) is 27.7 Å². The molecule has 0 spiro atoms. The normalized spacial score (nSPS) is 11.5. The Morgan fingerprint density at radius 1 is 1.23 bits per heavy atom. The molecule has 0 aliphatic rings. The first kappa shape index (κ1) is 19.9. The van der Waals surface area contributed by atoms with Crippen molar-refractivity contribution in [3.8, 4) is 0 Å². The second-order valence-electron chi connectivity index (χ2n) is 6.62. The fraction of sp³-hybridized carbons (Fsp3) is 0.600. The molecule has 11 heteroatoms. The fourth-order valence-electron chi connectivity index (χ4n) is 2.39. The Labute approximate surface area is 154 Å². The molecule has 0 saturated carbocycles. The van der Waals surface area contributed by atoms with Crippen LogP contribution in [0.4, 0.5) is 5.82 Å². The second-order valence-corrected chi connectivity index (χ2v) is 7.57. The summed E-state index contributed by atoms with van der Waals surface area (Å²) in [6.45, 7) is 7.98. The van der Waals surface area contributed by atoms with Crippen LogP contribution in [0.5, 0.6) is 0 Å². The number of tetrazole rings is 1. The van der Waals surface area contributed by atoms with E-state index in [0.29, 0.717) is 11.7 Å². The lowest BCUT2D eigenvalue weighted by Crippen LogP contribution is -2.43. The van der Waals surface area contributed by atoms with Gasteiger partial charge in [-0.05, 0) is 30.2 Å². The van der Waals surface area contributed by atoms with Gasteiger partial charge in [0.15, 0.2) is 5.78 Å². The Balaban J connectivity index is 2.37. The van der Waals surface area contributed by atoms with Crippen molar-refractivity contribution in [2.75, 3.05) is 11.5 Å². The Kier molecular flexibility index (Phi) is 6.01. The van der Waals surface area contributed by atoms with Gasteiger partial charge in [0.25, 0.3) is 5.56 Å². The molecular weight excluding hydrogens is 358 g/mol. The summed E-state index contributed by atoms with van der Waals surface area (Å²) in [6.07, 6.45) is 0. The number of nitrogens with two attached hydrogens (primary N) is 1. The molecule has 0 fully saturated rings. The van der Waals surface area contributed by atoms with E-state index in [2.05, 4.69) is 15.5 Å². The molecule has 2 N–H and O–H groups in total. The molecule has 0 radical (unpaired) electrons. The summed E-state index contributed by atoms with van der Waals surface area (Å²) in [5.74, 6) is -0.503. The van der Waals surface area contributed by atoms with Gasteiger partial charge in [-0.25, -0.2) is 9.48 Å². The van der Waals surface area contributed by atoms with Crippen molar-refractivity contribution in [1.29, 1.82) is 0 Å². The molecule has 0 aliphatic carbocycles. The number of anilines is 1. The number of nitrogens with zero attached hydrogens (tertiary/aromatic N) is 6. The van der Waals surface area contributed by atoms with Crippen molar-refractivity contribution in [2.24, 2.45) is 13.0 Å². The first-order chi connectivity index (χ1) is 12.1. The van der Waals surface area contributed by atoms with Gasteiger partial charge in [0.1, 0.15) is 11.4 Å². The highest BCUT2D eigenvalue weighted by Gasteiger charge is 2.23. The Bertz CT molecular complexity index is 926. The summed E-state index contributed by atoms with van der Waals surface area (Å²) in [6, 6.07) is 0.0356. The first-order valence-corrected chi connectivity index (χ1v) is 9.16. The maximum absolute atomic E-state index is 12.7. The number of carbonyl (C=O) groups excluding carboxylic acids is 1. The fourth-order valence-corrected chi connectivity index (χ4v) is 3.27. The van der Waals surface area contributed by atoms with E-state index in [9.17, 15) is 14.4 Å². The van der Waals surface area contributed by atoms with E-state index in [-0.39, 0.29) is 29.1 Å². The van der Waals surface area contributed by atoms with Gasteiger partial charge in [-0.1, -0.05) is 25.6 Å². The van der Waals surface area contributed by atoms with E-state index < -0.39 is 17.0 Å². The van der Waals surface area contributed by atoms with Gasteiger partial charge in [0, 0.05) is 13.6 Å². The van der Waals surface area contributed by atoms with Gasteiger partial charge in [0.05, 0.1) is 11.8 Å². The average Bonchev–Trinajstić information content (AvgIpc) is 3.04. The summed E-state index contributed by atoms with van der Waals surface area (Å²) in [5.41, 5.74) is 4.60. The van der Waals surface area contributed by atoms with Crippen molar-refractivity contribution in [1.82, 2.24) is 29.3 Å². The van der Waals surface area contributed by atoms with Crippen molar-refractivity contribution < 1.29 is 4.79 Å². The standard InChI is InChI=1S/C15H23N7O3S/c1-8(2)6-21-12(16)11(13(24)20(5)15(21)25)10(23)7-26-14-17-18-19-22(14)9(3)4/h8-9H,6-7,16H2,1-5H3. The number of hydrogen-bond donors (Lipinski definition) is 1. The van der Waals surface area contributed by atoms with E-state index in [1.165, 1.54) is 11.6 Å². The maximum atomic E-state index is 12.7. The summed E-state index contributed by atoms with van der Waals surface area (Å²) in [7, 11) is 1.34. The molecule has 2 rings (SSSR count). The molecule has 10 nitrogen and oxygen atoms in total. The Hall–Kier alpha value is -2.43. The predicted molar refractivity (Wildman–Crippen MR) is 98.4 cm³/mol. The molecule has 2 aromatic rings.